The Morgan fingerprint density at radius 2 is 2.15 bits per heavy atom. The first-order valence-corrected chi connectivity index (χ1v) is 4.50. The van der Waals surface area contributed by atoms with Crippen molar-refractivity contribution < 1.29 is 13.2 Å². The van der Waals surface area contributed by atoms with Gasteiger partial charge in [-0.1, -0.05) is 0 Å². The summed E-state index contributed by atoms with van der Waals surface area (Å²) < 4.78 is 36.8. The van der Waals surface area contributed by atoms with E-state index in [9.17, 15) is 13.2 Å². The van der Waals surface area contributed by atoms with Gasteiger partial charge in [-0.05, 0) is 32.4 Å². The Kier molecular flexibility index (Phi) is 3.55. The summed E-state index contributed by atoms with van der Waals surface area (Å²) in [4.78, 5) is 0.610. The minimum Gasteiger partial charge on any atom is -0.319 e. The van der Waals surface area contributed by atoms with Crippen LogP contribution in [0.3, 0.4) is 0 Å². The van der Waals surface area contributed by atoms with Crippen molar-refractivity contribution in [3.05, 3.63) is 0 Å². The first-order chi connectivity index (χ1) is 6.04. The highest BCUT2D eigenvalue weighted by atomic mass is 19.4. The fraction of sp³-hybridized carbons (Fsp3) is 1.00. The highest BCUT2D eigenvalue weighted by Gasteiger charge is 2.39. The summed E-state index contributed by atoms with van der Waals surface area (Å²) in [6, 6.07) is 0. The number of rotatable bonds is 2. The van der Waals surface area contributed by atoms with Crippen LogP contribution < -0.4 is 5.32 Å². The number of halogens is 3. The van der Waals surface area contributed by atoms with Crippen molar-refractivity contribution in [2.75, 3.05) is 26.7 Å². The van der Waals surface area contributed by atoms with Crippen LogP contribution in [0.5, 0.6) is 0 Å². The first-order valence-electron chi connectivity index (χ1n) is 4.50. The summed E-state index contributed by atoms with van der Waals surface area (Å²) in [5.74, 6) is 0.139. The van der Waals surface area contributed by atoms with E-state index in [0.29, 0.717) is 17.9 Å². The Balaban J connectivity index is 2.42. The van der Waals surface area contributed by atoms with E-state index in [1.807, 2.05) is 0 Å². The molecule has 1 aliphatic heterocycles. The molecule has 78 valence electrons. The zero-order valence-corrected chi connectivity index (χ0v) is 7.69. The summed E-state index contributed by atoms with van der Waals surface area (Å²) in [7, 11) is 1.77. The predicted molar refractivity (Wildman–Crippen MR) is 44.3 cm³/mol. The van der Waals surface area contributed by atoms with Crippen LogP contribution >= 0.6 is 0 Å². The Bertz CT molecular complexity index is 156. The van der Waals surface area contributed by atoms with Crippen LogP contribution in [0.15, 0.2) is 0 Å². The molecule has 0 aromatic carbocycles. The molecule has 0 spiro atoms. The smallest absolute Gasteiger partial charge is 0.319 e. The molecule has 0 aromatic heterocycles. The fourth-order valence-electron chi connectivity index (χ4n) is 1.75. The Morgan fingerprint density at radius 3 is 2.69 bits per heavy atom. The molecule has 0 radical (unpaired) electrons. The van der Waals surface area contributed by atoms with E-state index in [4.69, 9.17) is 0 Å². The molecule has 0 saturated carbocycles. The van der Waals surface area contributed by atoms with E-state index in [1.165, 1.54) is 0 Å². The molecule has 0 amide bonds. The van der Waals surface area contributed by atoms with Crippen molar-refractivity contribution in [3.63, 3.8) is 0 Å². The Labute approximate surface area is 76.1 Å². The summed E-state index contributed by atoms with van der Waals surface area (Å²) in [5, 5.41) is 2.92. The third-order valence-electron chi connectivity index (χ3n) is 2.37. The molecule has 1 fully saturated rings. The molecule has 0 bridgehead atoms. The molecule has 0 aromatic rings. The molecule has 1 rings (SSSR count). The van der Waals surface area contributed by atoms with E-state index < -0.39 is 6.30 Å². The van der Waals surface area contributed by atoms with Gasteiger partial charge in [0.25, 0.3) is 0 Å². The monoisotopic (exact) mass is 196 g/mol. The second-order valence-electron chi connectivity index (χ2n) is 3.48. The molecule has 13 heavy (non-hydrogen) atoms. The highest BCUT2D eigenvalue weighted by molar-refractivity contribution is 4.75. The van der Waals surface area contributed by atoms with Crippen LogP contribution in [0.4, 0.5) is 13.2 Å². The highest BCUT2D eigenvalue weighted by Crippen LogP contribution is 2.27. The van der Waals surface area contributed by atoms with Crippen LogP contribution in [0.1, 0.15) is 12.8 Å². The van der Waals surface area contributed by atoms with Gasteiger partial charge in [0.15, 0.2) is 0 Å². The molecule has 1 aliphatic rings. The number of hydrogen-bond acceptors (Lipinski definition) is 2. The van der Waals surface area contributed by atoms with Crippen molar-refractivity contribution in [3.8, 4) is 0 Å². The molecule has 5 heteroatoms. The van der Waals surface area contributed by atoms with E-state index in [-0.39, 0.29) is 19.0 Å². The molecule has 1 heterocycles. The van der Waals surface area contributed by atoms with E-state index in [1.54, 1.807) is 7.05 Å². The second-order valence-corrected chi connectivity index (χ2v) is 3.48. The molecular formula is C8H15F3N2. The average Bonchev–Trinajstić information content (AvgIpc) is 2.04. The van der Waals surface area contributed by atoms with Crippen LogP contribution in [0, 0.1) is 5.92 Å². The Morgan fingerprint density at radius 1 is 1.46 bits per heavy atom. The lowest BCUT2D eigenvalue weighted by Crippen LogP contribution is -2.46. The van der Waals surface area contributed by atoms with Crippen LogP contribution in [0.2, 0.25) is 0 Å². The maximum Gasteiger partial charge on any atom is 0.459 e. The number of alkyl halides is 3. The van der Waals surface area contributed by atoms with Crippen molar-refractivity contribution >= 4 is 0 Å². The average molecular weight is 196 g/mol. The van der Waals surface area contributed by atoms with Gasteiger partial charge in [0.2, 0.25) is 0 Å². The van der Waals surface area contributed by atoms with Gasteiger partial charge in [-0.2, -0.15) is 13.2 Å². The van der Waals surface area contributed by atoms with Crippen LogP contribution in [0.25, 0.3) is 0 Å². The predicted octanol–water partition coefficient (Wildman–Crippen LogP) is 1.44. The summed E-state index contributed by atoms with van der Waals surface area (Å²) >= 11 is 0. The summed E-state index contributed by atoms with van der Waals surface area (Å²) in [5.41, 5.74) is 0. The van der Waals surface area contributed by atoms with E-state index >= 15 is 0 Å². The van der Waals surface area contributed by atoms with Gasteiger partial charge in [0.1, 0.15) is 0 Å². The second kappa shape index (κ2) is 4.28. The van der Waals surface area contributed by atoms with Crippen LogP contribution in [-0.2, 0) is 0 Å². The minimum absolute atomic E-state index is 0.139. The number of nitrogens with one attached hydrogen (secondary N) is 1. The van der Waals surface area contributed by atoms with Gasteiger partial charge >= 0.3 is 6.30 Å². The number of likely N-dealkylation sites (tertiary alicyclic amines) is 1. The van der Waals surface area contributed by atoms with Crippen molar-refractivity contribution in [2.24, 2.45) is 5.92 Å². The molecule has 0 unspecified atom stereocenters. The van der Waals surface area contributed by atoms with Gasteiger partial charge < -0.3 is 5.32 Å². The van der Waals surface area contributed by atoms with E-state index in [2.05, 4.69) is 5.32 Å². The van der Waals surface area contributed by atoms with Crippen molar-refractivity contribution in [1.29, 1.82) is 0 Å². The molecule has 2 nitrogen and oxygen atoms in total. The molecule has 0 aliphatic carbocycles. The van der Waals surface area contributed by atoms with Gasteiger partial charge in [-0.3, -0.25) is 0 Å². The summed E-state index contributed by atoms with van der Waals surface area (Å²) in [6.07, 6.45) is -2.61. The minimum atomic E-state index is -4.15. The van der Waals surface area contributed by atoms with Crippen LogP contribution in [-0.4, -0.2) is 37.9 Å². The lowest BCUT2D eigenvalue weighted by Gasteiger charge is -2.33. The molecule has 1 atom stereocenters. The van der Waals surface area contributed by atoms with Gasteiger partial charge in [-0.15, -0.1) is 0 Å². The molecular weight excluding hydrogens is 181 g/mol. The summed E-state index contributed by atoms with van der Waals surface area (Å²) in [6.45, 7) is 0.973. The Hall–Kier alpha value is -0.290. The third-order valence-corrected chi connectivity index (χ3v) is 2.37. The largest absolute Gasteiger partial charge is 0.459 e. The lowest BCUT2D eigenvalue weighted by atomic mass is 9.98. The van der Waals surface area contributed by atoms with Gasteiger partial charge in [0.05, 0.1) is 0 Å². The number of nitrogens with zero attached hydrogens (tertiary/aromatic N) is 1. The molecule has 1 saturated heterocycles. The van der Waals surface area contributed by atoms with Gasteiger partial charge in [-0.25, -0.2) is 4.90 Å². The normalized spacial score (nSPS) is 26.3. The number of hydrogen-bond donors (Lipinski definition) is 1. The number of piperidine rings is 1. The first kappa shape index (κ1) is 10.8. The van der Waals surface area contributed by atoms with Gasteiger partial charge in [0, 0.05) is 13.1 Å². The lowest BCUT2D eigenvalue weighted by molar-refractivity contribution is -0.253. The SMILES string of the molecule is CNC[C@@H]1CCCN(C(F)(F)F)C1. The maximum atomic E-state index is 12.3. The quantitative estimate of drug-likeness (QED) is 0.672. The topological polar surface area (TPSA) is 15.3 Å². The van der Waals surface area contributed by atoms with E-state index in [0.717, 1.165) is 6.42 Å². The van der Waals surface area contributed by atoms with Crippen molar-refractivity contribution in [1.82, 2.24) is 10.2 Å². The standard InChI is InChI=1S/C8H15F3N2/c1-12-5-7-3-2-4-13(6-7)8(9,10)11/h7,12H,2-6H2,1H3/t7-/m0/s1. The molecule has 1 N–H and O–H groups in total. The maximum absolute atomic E-state index is 12.3. The van der Waals surface area contributed by atoms with Crippen molar-refractivity contribution in [2.45, 2.75) is 19.1 Å². The fourth-order valence-corrected chi connectivity index (χ4v) is 1.75. The zero-order chi connectivity index (χ0) is 9.90. The zero-order valence-electron chi connectivity index (χ0n) is 7.69. The third kappa shape index (κ3) is 3.15.